The molecule has 0 radical (unpaired) electrons. The molecular formula is C19H29N3O3. The van der Waals surface area contributed by atoms with Crippen molar-refractivity contribution in [3.63, 3.8) is 0 Å². The summed E-state index contributed by atoms with van der Waals surface area (Å²) in [5.41, 5.74) is 1.47. The summed E-state index contributed by atoms with van der Waals surface area (Å²) in [6, 6.07) is 8.56. The predicted molar refractivity (Wildman–Crippen MR) is 96.7 cm³/mol. The summed E-state index contributed by atoms with van der Waals surface area (Å²) < 4.78 is 0. The van der Waals surface area contributed by atoms with E-state index < -0.39 is 17.8 Å². The number of aliphatic hydroxyl groups excluding tert-OH is 2. The van der Waals surface area contributed by atoms with Gasteiger partial charge >= 0.3 is 0 Å². The van der Waals surface area contributed by atoms with Crippen LogP contribution in [0.4, 0.5) is 5.69 Å². The number of hydrogen-bond donors (Lipinski definition) is 5. The fourth-order valence-corrected chi connectivity index (χ4v) is 4.73. The normalized spacial score (nSPS) is 33.0. The van der Waals surface area contributed by atoms with Crippen LogP contribution in [-0.4, -0.2) is 77.3 Å². The smallest absolute Gasteiger partial charge is 0.120 e. The number of para-hydroxylation sites is 1. The van der Waals surface area contributed by atoms with Gasteiger partial charge in [-0.2, -0.15) is 0 Å². The molecule has 2 saturated heterocycles. The zero-order valence-electron chi connectivity index (χ0n) is 14.6. The second-order valence-corrected chi connectivity index (χ2v) is 7.96. The molecule has 6 heteroatoms. The van der Waals surface area contributed by atoms with Crippen molar-refractivity contribution in [2.45, 2.75) is 42.5 Å². The summed E-state index contributed by atoms with van der Waals surface area (Å²) in [6.07, 6.45) is 0.633. The molecule has 3 aliphatic rings. The van der Waals surface area contributed by atoms with E-state index in [2.05, 4.69) is 39.8 Å². The fourth-order valence-electron chi connectivity index (χ4n) is 4.73. The minimum absolute atomic E-state index is 0.198. The molecule has 3 aliphatic heterocycles. The molecule has 138 valence electrons. The van der Waals surface area contributed by atoms with E-state index in [-0.39, 0.29) is 5.41 Å². The van der Waals surface area contributed by atoms with Crippen LogP contribution in [0.15, 0.2) is 24.3 Å². The zero-order valence-corrected chi connectivity index (χ0v) is 14.6. The summed E-state index contributed by atoms with van der Waals surface area (Å²) in [4.78, 5) is 2.23. The first-order chi connectivity index (χ1) is 12.0. The van der Waals surface area contributed by atoms with Gasteiger partial charge < -0.3 is 30.9 Å². The first-order valence-corrected chi connectivity index (χ1v) is 9.38. The van der Waals surface area contributed by atoms with Gasteiger partial charge in [-0.05, 0) is 50.5 Å². The van der Waals surface area contributed by atoms with Gasteiger partial charge in [0.25, 0.3) is 0 Å². The predicted octanol–water partition coefficient (Wildman–Crippen LogP) is -0.108. The maximum atomic E-state index is 10.7. The first-order valence-electron chi connectivity index (χ1n) is 9.38. The number of rotatable bonds is 3. The standard InChI is InChI=1S/C19H29N3O3/c23-16-11-20-8-5-19(16,25)17(24)12-22-9-6-18(7-10-22)13-21-15-4-2-1-3-14(15)18/h1-4,16-17,20-21,23-25H,5-13H2. The Bertz CT molecular complexity index is 618. The molecule has 2 fully saturated rings. The van der Waals surface area contributed by atoms with Crippen molar-refractivity contribution in [1.29, 1.82) is 0 Å². The van der Waals surface area contributed by atoms with Crippen LogP contribution in [0.5, 0.6) is 0 Å². The molecule has 4 rings (SSSR count). The second-order valence-electron chi connectivity index (χ2n) is 7.96. The van der Waals surface area contributed by atoms with Crippen molar-refractivity contribution in [3.05, 3.63) is 29.8 Å². The van der Waals surface area contributed by atoms with Gasteiger partial charge in [-0.3, -0.25) is 0 Å². The van der Waals surface area contributed by atoms with E-state index in [1.54, 1.807) is 0 Å². The number of fused-ring (bicyclic) bond motifs is 2. The van der Waals surface area contributed by atoms with E-state index in [1.165, 1.54) is 11.3 Å². The van der Waals surface area contributed by atoms with Crippen LogP contribution in [0.1, 0.15) is 24.8 Å². The third kappa shape index (κ3) is 2.96. The number of likely N-dealkylation sites (tertiary alicyclic amines) is 1. The van der Waals surface area contributed by atoms with Crippen LogP contribution in [0.25, 0.3) is 0 Å². The monoisotopic (exact) mass is 347 g/mol. The Hall–Kier alpha value is -1.18. The lowest BCUT2D eigenvalue weighted by Crippen LogP contribution is -2.63. The highest BCUT2D eigenvalue weighted by atomic mass is 16.4. The second kappa shape index (κ2) is 6.52. The van der Waals surface area contributed by atoms with Gasteiger partial charge in [-0.25, -0.2) is 0 Å². The van der Waals surface area contributed by atoms with Crippen molar-refractivity contribution in [2.75, 3.05) is 44.6 Å². The number of hydrogen-bond acceptors (Lipinski definition) is 6. The van der Waals surface area contributed by atoms with E-state index in [9.17, 15) is 15.3 Å². The SMILES string of the molecule is OC1CNCCC1(O)C(O)CN1CCC2(CC1)CNc1ccccc12. The molecule has 0 amide bonds. The molecule has 0 aliphatic carbocycles. The van der Waals surface area contributed by atoms with Crippen molar-refractivity contribution in [3.8, 4) is 0 Å². The Morgan fingerprint density at radius 3 is 2.72 bits per heavy atom. The Morgan fingerprint density at radius 2 is 1.96 bits per heavy atom. The minimum atomic E-state index is -1.40. The van der Waals surface area contributed by atoms with E-state index in [0.717, 1.165) is 32.5 Å². The van der Waals surface area contributed by atoms with Crippen molar-refractivity contribution in [1.82, 2.24) is 10.2 Å². The summed E-state index contributed by atoms with van der Waals surface area (Å²) in [5, 5.41) is 38.0. The molecule has 3 unspecified atom stereocenters. The fraction of sp³-hybridized carbons (Fsp3) is 0.684. The van der Waals surface area contributed by atoms with Gasteiger partial charge in [0.1, 0.15) is 5.60 Å². The van der Waals surface area contributed by atoms with Crippen molar-refractivity contribution in [2.24, 2.45) is 0 Å². The first kappa shape index (κ1) is 17.2. The molecule has 3 heterocycles. The molecule has 0 aromatic heterocycles. The summed E-state index contributed by atoms with van der Waals surface area (Å²) in [5.74, 6) is 0. The molecule has 1 aromatic rings. The van der Waals surface area contributed by atoms with Crippen LogP contribution < -0.4 is 10.6 Å². The van der Waals surface area contributed by atoms with Crippen LogP contribution in [0.2, 0.25) is 0 Å². The van der Waals surface area contributed by atoms with E-state index >= 15 is 0 Å². The Labute approximate surface area is 148 Å². The molecule has 0 saturated carbocycles. The molecule has 6 nitrogen and oxygen atoms in total. The zero-order chi connectivity index (χ0) is 17.5. The van der Waals surface area contributed by atoms with Gasteiger partial charge in [0.05, 0.1) is 12.2 Å². The summed E-state index contributed by atoms with van der Waals surface area (Å²) in [7, 11) is 0. The van der Waals surface area contributed by atoms with Crippen LogP contribution in [-0.2, 0) is 5.41 Å². The molecule has 3 atom stereocenters. The highest BCUT2D eigenvalue weighted by molar-refractivity contribution is 5.60. The lowest BCUT2D eigenvalue weighted by Gasteiger charge is -2.44. The van der Waals surface area contributed by atoms with E-state index in [0.29, 0.717) is 26.1 Å². The average molecular weight is 347 g/mol. The van der Waals surface area contributed by atoms with Gasteiger partial charge in [0.2, 0.25) is 0 Å². The van der Waals surface area contributed by atoms with Crippen LogP contribution in [0.3, 0.4) is 0 Å². The lowest BCUT2D eigenvalue weighted by molar-refractivity contribution is -0.164. The van der Waals surface area contributed by atoms with Crippen LogP contribution in [0, 0.1) is 0 Å². The van der Waals surface area contributed by atoms with Gasteiger partial charge in [-0.15, -0.1) is 0 Å². The third-order valence-electron chi connectivity index (χ3n) is 6.55. The summed E-state index contributed by atoms with van der Waals surface area (Å²) in [6.45, 7) is 4.15. The number of aliphatic hydroxyl groups is 3. The van der Waals surface area contributed by atoms with Crippen LogP contribution >= 0.6 is 0 Å². The average Bonchev–Trinajstić information content (AvgIpc) is 2.98. The number of benzene rings is 1. The third-order valence-corrected chi connectivity index (χ3v) is 6.55. The number of β-amino-alcohol motifs (C(OH)–C–C–N with tert-alkyl or cyclic N) is 2. The van der Waals surface area contributed by atoms with E-state index in [1.807, 2.05) is 0 Å². The topological polar surface area (TPSA) is 88.0 Å². The van der Waals surface area contributed by atoms with Gasteiger partial charge in [0.15, 0.2) is 0 Å². The van der Waals surface area contributed by atoms with Gasteiger partial charge in [0, 0.05) is 30.7 Å². The molecule has 1 spiro atoms. The Balaban J connectivity index is 1.38. The molecular weight excluding hydrogens is 318 g/mol. The highest BCUT2D eigenvalue weighted by Gasteiger charge is 2.46. The van der Waals surface area contributed by atoms with E-state index in [4.69, 9.17) is 0 Å². The molecule has 5 N–H and O–H groups in total. The maximum absolute atomic E-state index is 10.7. The summed E-state index contributed by atoms with van der Waals surface area (Å²) >= 11 is 0. The van der Waals surface area contributed by atoms with Gasteiger partial charge in [-0.1, -0.05) is 18.2 Å². The number of piperidine rings is 2. The Kier molecular flexibility index (Phi) is 4.50. The number of nitrogens with one attached hydrogen (secondary N) is 2. The minimum Gasteiger partial charge on any atom is -0.389 e. The largest absolute Gasteiger partial charge is 0.389 e. The maximum Gasteiger partial charge on any atom is 0.120 e. The highest BCUT2D eigenvalue weighted by Crippen LogP contribution is 2.43. The quantitative estimate of drug-likeness (QED) is 0.525. The number of nitrogens with zero attached hydrogens (tertiary/aromatic N) is 1. The van der Waals surface area contributed by atoms with Crippen molar-refractivity contribution < 1.29 is 15.3 Å². The Morgan fingerprint density at radius 1 is 1.20 bits per heavy atom. The lowest BCUT2D eigenvalue weighted by atomic mass is 9.74. The molecule has 0 bridgehead atoms. The molecule has 25 heavy (non-hydrogen) atoms. The van der Waals surface area contributed by atoms with Crippen molar-refractivity contribution >= 4 is 5.69 Å². The number of anilines is 1. The molecule has 1 aromatic carbocycles.